The van der Waals surface area contributed by atoms with Crippen LogP contribution < -0.4 is 0 Å². The number of unbranched alkanes of at least 4 members (excludes halogenated alkanes) is 26. The Morgan fingerprint density at radius 3 is 0.984 bits per heavy atom. The molecular formula is C56H98O6. The van der Waals surface area contributed by atoms with E-state index >= 15 is 0 Å². The highest BCUT2D eigenvalue weighted by molar-refractivity contribution is 5.71. The molecule has 0 fully saturated rings. The first-order valence-corrected chi connectivity index (χ1v) is 26.3. The second-order valence-corrected chi connectivity index (χ2v) is 17.4. The van der Waals surface area contributed by atoms with Crippen LogP contribution in [0.5, 0.6) is 0 Å². The topological polar surface area (TPSA) is 78.9 Å². The first-order valence-electron chi connectivity index (χ1n) is 26.3. The zero-order chi connectivity index (χ0) is 45.1. The van der Waals surface area contributed by atoms with Crippen molar-refractivity contribution < 1.29 is 28.6 Å². The summed E-state index contributed by atoms with van der Waals surface area (Å²) in [4.78, 5) is 37.9. The lowest BCUT2D eigenvalue weighted by molar-refractivity contribution is -0.167. The number of rotatable bonds is 47. The molecule has 0 aliphatic rings. The minimum Gasteiger partial charge on any atom is -0.462 e. The fourth-order valence-electron chi connectivity index (χ4n) is 7.21. The third-order valence-electron chi connectivity index (χ3n) is 11.2. The van der Waals surface area contributed by atoms with E-state index in [0.29, 0.717) is 19.3 Å². The van der Waals surface area contributed by atoms with Gasteiger partial charge in [-0.1, -0.05) is 197 Å². The van der Waals surface area contributed by atoms with E-state index < -0.39 is 6.10 Å². The summed E-state index contributed by atoms with van der Waals surface area (Å²) in [6, 6.07) is 0. The summed E-state index contributed by atoms with van der Waals surface area (Å²) in [6.45, 7) is 6.55. The number of esters is 3. The fourth-order valence-corrected chi connectivity index (χ4v) is 7.21. The third-order valence-corrected chi connectivity index (χ3v) is 11.2. The Balaban J connectivity index is 4.49. The summed E-state index contributed by atoms with van der Waals surface area (Å²) >= 11 is 0. The molecule has 358 valence electrons. The number of ether oxygens (including phenoxy) is 3. The zero-order valence-electron chi connectivity index (χ0n) is 40.9. The van der Waals surface area contributed by atoms with E-state index in [1.807, 2.05) is 0 Å². The van der Waals surface area contributed by atoms with Gasteiger partial charge >= 0.3 is 17.9 Å². The van der Waals surface area contributed by atoms with E-state index in [9.17, 15) is 14.4 Å². The molecule has 62 heavy (non-hydrogen) atoms. The first kappa shape index (κ1) is 59.1. The smallest absolute Gasteiger partial charge is 0.306 e. The summed E-state index contributed by atoms with van der Waals surface area (Å²) in [5.74, 6) is -0.985. The Morgan fingerprint density at radius 2 is 0.597 bits per heavy atom. The first-order chi connectivity index (χ1) is 30.5. The van der Waals surface area contributed by atoms with Crippen LogP contribution in [0.1, 0.15) is 258 Å². The van der Waals surface area contributed by atoms with Gasteiger partial charge in [0.15, 0.2) is 6.10 Å². The van der Waals surface area contributed by atoms with Crippen molar-refractivity contribution in [2.75, 3.05) is 13.2 Å². The summed E-state index contributed by atoms with van der Waals surface area (Å²) in [5.41, 5.74) is 0. The molecule has 6 nitrogen and oxygen atoms in total. The van der Waals surface area contributed by atoms with Gasteiger partial charge in [0.25, 0.3) is 0 Å². The van der Waals surface area contributed by atoms with Crippen LogP contribution in [0.3, 0.4) is 0 Å². The molecule has 0 saturated heterocycles. The van der Waals surface area contributed by atoms with Gasteiger partial charge in [0.05, 0.1) is 0 Å². The van der Waals surface area contributed by atoms with Crippen molar-refractivity contribution in [3.05, 3.63) is 60.8 Å². The Labute approximate surface area is 383 Å². The van der Waals surface area contributed by atoms with Crippen LogP contribution in [0.25, 0.3) is 0 Å². The molecule has 0 rings (SSSR count). The van der Waals surface area contributed by atoms with Crippen LogP contribution in [0.2, 0.25) is 0 Å². The molecule has 0 aliphatic carbocycles. The Morgan fingerprint density at radius 1 is 0.323 bits per heavy atom. The van der Waals surface area contributed by atoms with E-state index in [4.69, 9.17) is 14.2 Å². The molecule has 0 aromatic rings. The fraction of sp³-hybridized carbons (Fsp3) is 0.768. The second kappa shape index (κ2) is 50.8. The molecule has 1 unspecified atom stereocenters. The van der Waals surface area contributed by atoms with E-state index in [1.54, 1.807) is 0 Å². The molecule has 0 saturated carbocycles. The molecule has 0 aromatic heterocycles. The molecular weight excluding hydrogens is 769 g/mol. The predicted octanol–water partition coefficient (Wildman–Crippen LogP) is 17.3. The van der Waals surface area contributed by atoms with Crippen LogP contribution in [0.15, 0.2) is 60.8 Å². The molecule has 0 N–H and O–H groups in total. The predicted molar refractivity (Wildman–Crippen MR) is 265 cm³/mol. The van der Waals surface area contributed by atoms with Gasteiger partial charge in [0.2, 0.25) is 0 Å². The molecule has 0 radical (unpaired) electrons. The normalized spacial score (nSPS) is 12.5. The SMILES string of the molecule is CCCCCCCC/C=C\C/C=C\C/C=C\CCCC(=O)OCC(COC(=O)CCCCC/C=C\CCCCCCCC)OC(=O)CCCCC/C=C\CCCCCCCCC. The summed E-state index contributed by atoms with van der Waals surface area (Å²) in [7, 11) is 0. The lowest BCUT2D eigenvalue weighted by Crippen LogP contribution is -2.30. The Kier molecular flexibility index (Phi) is 48.4. The second-order valence-electron chi connectivity index (χ2n) is 17.4. The van der Waals surface area contributed by atoms with E-state index in [-0.39, 0.29) is 37.5 Å². The maximum absolute atomic E-state index is 12.8. The maximum atomic E-state index is 12.8. The molecule has 0 spiro atoms. The summed E-state index contributed by atoms with van der Waals surface area (Å²) in [5, 5.41) is 0. The van der Waals surface area contributed by atoms with Gasteiger partial charge in [-0.2, -0.15) is 0 Å². The highest BCUT2D eigenvalue weighted by Gasteiger charge is 2.19. The average Bonchev–Trinajstić information content (AvgIpc) is 3.27. The minimum absolute atomic E-state index is 0.103. The van der Waals surface area contributed by atoms with Crippen molar-refractivity contribution >= 4 is 17.9 Å². The van der Waals surface area contributed by atoms with E-state index in [0.717, 1.165) is 83.5 Å². The van der Waals surface area contributed by atoms with Crippen molar-refractivity contribution in [1.82, 2.24) is 0 Å². The monoisotopic (exact) mass is 867 g/mol. The number of carbonyl (C=O) groups excluding carboxylic acids is 3. The summed E-state index contributed by atoms with van der Waals surface area (Å²) in [6.07, 6.45) is 62.1. The molecule has 0 amide bonds. The number of carbonyl (C=O) groups is 3. The maximum Gasteiger partial charge on any atom is 0.306 e. The van der Waals surface area contributed by atoms with Crippen LogP contribution in [-0.4, -0.2) is 37.2 Å². The van der Waals surface area contributed by atoms with Gasteiger partial charge in [-0.25, -0.2) is 0 Å². The van der Waals surface area contributed by atoms with Gasteiger partial charge < -0.3 is 14.2 Å². The highest BCUT2D eigenvalue weighted by atomic mass is 16.6. The molecule has 0 heterocycles. The van der Waals surface area contributed by atoms with Gasteiger partial charge in [-0.15, -0.1) is 0 Å². The van der Waals surface area contributed by atoms with Crippen molar-refractivity contribution in [3.8, 4) is 0 Å². The van der Waals surface area contributed by atoms with Crippen LogP contribution in [0.4, 0.5) is 0 Å². The van der Waals surface area contributed by atoms with Crippen molar-refractivity contribution in [3.63, 3.8) is 0 Å². The molecule has 6 heteroatoms. The number of allylic oxidation sites excluding steroid dienone is 10. The van der Waals surface area contributed by atoms with E-state index in [1.165, 1.54) is 128 Å². The average molecular weight is 867 g/mol. The van der Waals surface area contributed by atoms with Crippen molar-refractivity contribution in [2.45, 2.75) is 264 Å². The molecule has 0 aliphatic heterocycles. The lowest BCUT2D eigenvalue weighted by Gasteiger charge is -2.18. The van der Waals surface area contributed by atoms with Gasteiger partial charge in [0, 0.05) is 19.3 Å². The Bertz CT molecular complexity index is 1130. The quantitative estimate of drug-likeness (QED) is 0.0262. The highest BCUT2D eigenvalue weighted by Crippen LogP contribution is 2.13. The molecule has 1 atom stereocenters. The number of hydrogen-bond acceptors (Lipinski definition) is 6. The largest absolute Gasteiger partial charge is 0.462 e. The third kappa shape index (κ3) is 48.1. The Hall–Kier alpha value is -2.89. The van der Waals surface area contributed by atoms with Gasteiger partial charge in [-0.05, 0) is 103 Å². The molecule has 0 bridgehead atoms. The summed E-state index contributed by atoms with van der Waals surface area (Å²) < 4.78 is 16.7. The van der Waals surface area contributed by atoms with Crippen molar-refractivity contribution in [2.24, 2.45) is 0 Å². The number of hydrogen-bond donors (Lipinski definition) is 0. The minimum atomic E-state index is -0.807. The van der Waals surface area contributed by atoms with Gasteiger partial charge in [-0.3, -0.25) is 14.4 Å². The van der Waals surface area contributed by atoms with Crippen LogP contribution in [-0.2, 0) is 28.6 Å². The zero-order valence-corrected chi connectivity index (χ0v) is 40.9. The lowest BCUT2D eigenvalue weighted by atomic mass is 10.1. The molecule has 0 aromatic carbocycles. The van der Waals surface area contributed by atoms with E-state index in [2.05, 4.69) is 81.5 Å². The van der Waals surface area contributed by atoms with Crippen LogP contribution >= 0.6 is 0 Å². The van der Waals surface area contributed by atoms with Gasteiger partial charge in [0.1, 0.15) is 13.2 Å². The van der Waals surface area contributed by atoms with Crippen molar-refractivity contribution in [1.29, 1.82) is 0 Å². The standard InChI is InChI=1S/C56H98O6/c1-4-7-10-13-16-19-22-25-27-28-29-32-34-37-40-43-46-49-55(58)61-52-53(51-60-54(57)48-45-42-39-36-33-30-24-21-18-15-12-9-6-3)62-56(59)50-47-44-41-38-35-31-26-23-20-17-14-11-8-5-2/h25,27,29-33,35,37,40,53H,4-24,26,28,34,36,38-39,41-52H2,1-3H3/b27-25-,32-29-,33-30-,35-31-,40-37-. The van der Waals surface area contributed by atoms with Crippen LogP contribution in [0, 0.1) is 0 Å².